The number of aromatic nitrogens is 2. The molecule has 0 fully saturated rings. The van der Waals surface area contributed by atoms with Crippen molar-refractivity contribution in [3.05, 3.63) is 74.6 Å². The van der Waals surface area contributed by atoms with Crippen molar-refractivity contribution in [2.45, 2.75) is 13.5 Å². The number of hydrogen-bond donors (Lipinski definition) is 1. The molecule has 0 aliphatic heterocycles. The van der Waals surface area contributed by atoms with E-state index in [-0.39, 0.29) is 22.3 Å². The predicted molar refractivity (Wildman–Crippen MR) is 92.4 cm³/mol. The second-order valence-corrected chi connectivity index (χ2v) is 5.67. The van der Waals surface area contributed by atoms with Gasteiger partial charge in [-0.15, -0.1) is 0 Å². The van der Waals surface area contributed by atoms with Gasteiger partial charge in [-0.1, -0.05) is 6.07 Å². The summed E-state index contributed by atoms with van der Waals surface area (Å²) in [5, 5.41) is 13.3. The van der Waals surface area contributed by atoms with Crippen molar-refractivity contribution in [2.24, 2.45) is 0 Å². The summed E-state index contributed by atoms with van der Waals surface area (Å²) in [7, 11) is 0. The Bertz CT molecular complexity index is 1090. The van der Waals surface area contributed by atoms with Crippen molar-refractivity contribution in [1.82, 2.24) is 9.55 Å². The van der Waals surface area contributed by atoms with Gasteiger partial charge in [-0.3, -0.25) is 24.3 Å². The minimum Gasteiger partial charge on any atom is -0.322 e. The first kappa shape index (κ1) is 17.2. The second kappa shape index (κ2) is 6.71. The van der Waals surface area contributed by atoms with Crippen LogP contribution in [0.3, 0.4) is 0 Å². The van der Waals surface area contributed by atoms with Gasteiger partial charge in [0, 0.05) is 12.1 Å². The third-order valence-corrected chi connectivity index (χ3v) is 3.73. The Kier molecular flexibility index (Phi) is 4.44. The summed E-state index contributed by atoms with van der Waals surface area (Å²) in [6.07, 6.45) is 1.17. The maximum Gasteiger partial charge on any atom is 0.270 e. The molecule has 26 heavy (non-hydrogen) atoms. The number of nitro benzene ring substituents is 1. The molecular weight excluding hydrogens is 343 g/mol. The Labute approximate surface area is 146 Å². The monoisotopic (exact) mass is 356 g/mol. The summed E-state index contributed by atoms with van der Waals surface area (Å²) in [5.41, 5.74) is 0.135. The molecule has 0 aliphatic carbocycles. The number of non-ortho nitro benzene ring substituents is 1. The molecule has 9 heteroatoms. The Balaban J connectivity index is 1.88. The van der Waals surface area contributed by atoms with E-state index in [4.69, 9.17) is 0 Å². The highest BCUT2D eigenvalue weighted by atomic mass is 19.1. The van der Waals surface area contributed by atoms with Crippen LogP contribution in [0.25, 0.3) is 10.9 Å². The highest BCUT2D eigenvalue weighted by molar-refractivity contribution is 5.91. The van der Waals surface area contributed by atoms with Gasteiger partial charge in [0.2, 0.25) is 5.91 Å². The lowest BCUT2D eigenvalue weighted by Crippen LogP contribution is -2.28. The van der Waals surface area contributed by atoms with E-state index in [1.54, 1.807) is 13.0 Å². The van der Waals surface area contributed by atoms with Gasteiger partial charge in [-0.25, -0.2) is 9.37 Å². The lowest BCUT2D eigenvalue weighted by atomic mass is 10.2. The fourth-order valence-electron chi connectivity index (χ4n) is 2.44. The summed E-state index contributed by atoms with van der Waals surface area (Å²) in [4.78, 5) is 38.8. The number of carbonyl (C=O) groups excluding carboxylic acids is 1. The molecule has 1 aromatic heterocycles. The Morgan fingerprint density at radius 3 is 2.77 bits per heavy atom. The number of halogens is 1. The van der Waals surface area contributed by atoms with E-state index in [1.807, 2.05) is 0 Å². The van der Waals surface area contributed by atoms with Gasteiger partial charge in [0.15, 0.2) is 0 Å². The lowest BCUT2D eigenvalue weighted by Gasteiger charge is -2.09. The van der Waals surface area contributed by atoms with Crippen LogP contribution in [0.15, 0.2) is 47.5 Å². The Hall–Kier alpha value is -3.62. The molecule has 132 valence electrons. The summed E-state index contributed by atoms with van der Waals surface area (Å²) in [5.74, 6) is -1.21. The number of anilines is 1. The zero-order valence-electron chi connectivity index (χ0n) is 13.6. The van der Waals surface area contributed by atoms with E-state index >= 15 is 0 Å². The molecule has 3 rings (SSSR count). The van der Waals surface area contributed by atoms with E-state index in [0.717, 1.165) is 10.6 Å². The Morgan fingerprint density at radius 2 is 2.08 bits per heavy atom. The molecule has 0 saturated heterocycles. The first-order valence-electron chi connectivity index (χ1n) is 7.55. The SMILES string of the molecule is Cc1ccc(NC(=O)Cn2cnc3ccc([N+](=O)[O-])cc3c2=O)c(F)c1. The summed E-state index contributed by atoms with van der Waals surface area (Å²) in [6, 6.07) is 8.05. The third kappa shape index (κ3) is 3.41. The van der Waals surface area contributed by atoms with Crippen molar-refractivity contribution in [3.8, 4) is 0 Å². The molecule has 1 heterocycles. The van der Waals surface area contributed by atoms with Gasteiger partial charge >= 0.3 is 0 Å². The van der Waals surface area contributed by atoms with Crippen molar-refractivity contribution in [3.63, 3.8) is 0 Å². The fraction of sp³-hybridized carbons (Fsp3) is 0.118. The lowest BCUT2D eigenvalue weighted by molar-refractivity contribution is -0.384. The van der Waals surface area contributed by atoms with E-state index in [1.165, 1.54) is 30.6 Å². The fourth-order valence-corrected chi connectivity index (χ4v) is 2.44. The molecule has 0 bridgehead atoms. The van der Waals surface area contributed by atoms with Gasteiger partial charge in [0.05, 0.1) is 27.8 Å². The number of nitrogens with zero attached hydrogens (tertiary/aromatic N) is 3. The van der Waals surface area contributed by atoms with E-state index in [9.17, 15) is 24.1 Å². The molecule has 0 radical (unpaired) electrons. The maximum absolute atomic E-state index is 13.8. The number of nitro groups is 1. The number of nitrogens with one attached hydrogen (secondary N) is 1. The van der Waals surface area contributed by atoms with Crippen LogP contribution >= 0.6 is 0 Å². The van der Waals surface area contributed by atoms with Crippen molar-refractivity contribution in [1.29, 1.82) is 0 Å². The van der Waals surface area contributed by atoms with Crippen LogP contribution in [-0.2, 0) is 11.3 Å². The quantitative estimate of drug-likeness (QED) is 0.570. The molecule has 1 N–H and O–H groups in total. The Morgan fingerprint density at radius 1 is 1.31 bits per heavy atom. The molecular formula is C17H13FN4O4. The van der Waals surface area contributed by atoms with Crippen molar-refractivity contribution < 1.29 is 14.1 Å². The number of carbonyl (C=O) groups is 1. The molecule has 0 atom stereocenters. The average Bonchev–Trinajstić information content (AvgIpc) is 2.59. The van der Waals surface area contributed by atoms with Crippen LogP contribution in [0.5, 0.6) is 0 Å². The first-order valence-corrected chi connectivity index (χ1v) is 7.55. The van der Waals surface area contributed by atoms with Crippen LogP contribution < -0.4 is 10.9 Å². The standard InChI is InChI=1S/C17H13FN4O4/c1-10-2-4-15(13(18)6-10)20-16(23)8-21-9-19-14-5-3-11(22(25)26)7-12(14)17(21)24/h2-7,9H,8H2,1H3,(H,20,23). The van der Waals surface area contributed by atoms with Crippen LogP contribution in [0, 0.1) is 22.9 Å². The van der Waals surface area contributed by atoms with E-state index < -0.39 is 28.8 Å². The smallest absolute Gasteiger partial charge is 0.270 e. The van der Waals surface area contributed by atoms with Gasteiger partial charge in [-0.05, 0) is 30.7 Å². The van der Waals surface area contributed by atoms with Crippen molar-refractivity contribution >= 4 is 28.2 Å². The number of aryl methyl sites for hydroxylation is 1. The zero-order valence-corrected chi connectivity index (χ0v) is 13.6. The normalized spacial score (nSPS) is 10.7. The van der Waals surface area contributed by atoms with Crippen LogP contribution in [-0.4, -0.2) is 20.4 Å². The predicted octanol–water partition coefficient (Wildman–Crippen LogP) is 2.39. The molecule has 0 spiro atoms. The maximum atomic E-state index is 13.8. The van der Waals surface area contributed by atoms with Crippen LogP contribution in [0.4, 0.5) is 15.8 Å². The topological polar surface area (TPSA) is 107 Å². The largest absolute Gasteiger partial charge is 0.322 e. The highest BCUT2D eigenvalue weighted by Gasteiger charge is 2.13. The average molecular weight is 356 g/mol. The molecule has 2 aromatic carbocycles. The highest BCUT2D eigenvalue weighted by Crippen LogP contribution is 2.17. The summed E-state index contributed by atoms with van der Waals surface area (Å²) in [6.45, 7) is 1.31. The zero-order chi connectivity index (χ0) is 18.8. The number of amides is 1. The van der Waals surface area contributed by atoms with Crippen LogP contribution in [0.1, 0.15) is 5.56 Å². The molecule has 0 saturated carbocycles. The molecule has 8 nitrogen and oxygen atoms in total. The van der Waals surface area contributed by atoms with Gasteiger partial charge in [0.25, 0.3) is 11.2 Å². The second-order valence-electron chi connectivity index (χ2n) is 5.67. The third-order valence-electron chi connectivity index (χ3n) is 3.73. The minimum absolute atomic E-state index is 0.00182. The van der Waals surface area contributed by atoms with Crippen LogP contribution in [0.2, 0.25) is 0 Å². The molecule has 0 aliphatic rings. The number of benzene rings is 2. The molecule has 1 amide bonds. The van der Waals surface area contributed by atoms with E-state index in [0.29, 0.717) is 5.56 Å². The van der Waals surface area contributed by atoms with Gasteiger partial charge < -0.3 is 5.32 Å². The molecule has 0 unspecified atom stereocenters. The minimum atomic E-state index is -0.624. The van der Waals surface area contributed by atoms with Crippen molar-refractivity contribution in [2.75, 3.05) is 5.32 Å². The summed E-state index contributed by atoms with van der Waals surface area (Å²) >= 11 is 0. The molecule has 3 aromatic rings. The first-order chi connectivity index (χ1) is 12.3. The number of fused-ring (bicyclic) bond motifs is 1. The van der Waals surface area contributed by atoms with Gasteiger partial charge in [-0.2, -0.15) is 0 Å². The number of hydrogen-bond acceptors (Lipinski definition) is 5. The summed E-state index contributed by atoms with van der Waals surface area (Å²) < 4.78 is 14.8. The van der Waals surface area contributed by atoms with Gasteiger partial charge in [0.1, 0.15) is 12.4 Å². The van der Waals surface area contributed by atoms with E-state index in [2.05, 4.69) is 10.3 Å². The number of rotatable bonds is 4.